The van der Waals surface area contributed by atoms with Crippen LogP contribution in [-0.4, -0.2) is 18.9 Å². The highest BCUT2D eigenvalue weighted by atomic mass is 16.1. The first kappa shape index (κ1) is 4.50. The number of hydrogen-bond acceptors (Lipinski definition) is 2. The van der Waals surface area contributed by atoms with E-state index in [1.165, 1.54) is 0 Å². The lowest BCUT2D eigenvalue weighted by molar-refractivity contribution is -0.137. The van der Waals surface area contributed by atoms with Gasteiger partial charge in [-0.1, -0.05) is 0 Å². The SMILES string of the molecule is O=C1[C@H]2CNC[C@H]1C2. The van der Waals surface area contributed by atoms with Crippen molar-refractivity contribution in [3.63, 3.8) is 0 Å². The molecule has 0 radical (unpaired) electrons. The molecule has 0 aromatic rings. The average Bonchev–Trinajstić information content (AvgIpc) is 1.89. The van der Waals surface area contributed by atoms with Gasteiger partial charge in [0, 0.05) is 24.9 Å². The van der Waals surface area contributed by atoms with Crippen LogP contribution < -0.4 is 5.32 Å². The van der Waals surface area contributed by atoms with Crippen LogP contribution in [0.2, 0.25) is 0 Å². The predicted molar refractivity (Wildman–Crippen MR) is 29.5 cm³/mol. The van der Waals surface area contributed by atoms with E-state index in [0.717, 1.165) is 19.5 Å². The first-order chi connectivity index (χ1) is 3.88. The van der Waals surface area contributed by atoms with Gasteiger partial charge in [0.05, 0.1) is 0 Å². The molecule has 1 N–H and O–H groups in total. The topological polar surface area (TPSA) is 29.1 Å². The largest absolute Gasteiger partial charge is 0.315 e. The van der Waals surface area contributed by atoms with Crippen molar-refractivity contribution in [3.8, 4) is 0 Å². The highest BCUT2D eigenvalue weighted by Crippen LogP contribution is 2.31. The summed E-state index contributed by atoms with van der Waals surface area (Å²) in [7, 11) is 0. The number of ketones is 1. The number of carbonyl (C=O) groups is 1. The molecule has 2 heterocycles. The summed E-state index contributed by atoms with van der Waals surface area (Å²) in [4.78, 5) is 10.8. The summed E-state index contributed by atoms with van der Waals surface area (Å²) in [5.74, 6) is 1.30. The van der Waals surface area contributed by atoms with Crippen LogP contribution in [0.1, 0.15) is 6.42 Å². The Morgan fingerprint density at radius 1 is 1.38 bits per heavy atom. The van der Waals surface area contributed by atoms with Gasteiger partial charge in [-0.2, -0.15) is 0 Å². The molecule has 0 amide bonds. The van der Waals surface area contributed by atoms with Gasteiger partial charge in [0.2, 0.25) is 0 Å². The molecule has 2 nitrogen and oxygen atoms in total. The second-order valence-corrected chi connectivity index (χ2v) is 2.69. The highest BCUT2D eigenvalue weighted by Gasteiger charge is 2.41. The molecule has 2 saturated heterocycles. The second-order valence-electron chi connectivity index (χ2n) is 2.69. The summed E-state index contributed by atoms with van der Waals surface area (Å²) in [6.07, 6.45) is 1.16. The minimum absolute atomic E-state index is 0.397. The molecule has 0 aromatic carbocycles. The maximum absolute atomic E-state index is 10.8. The second kappa shape index (κ2) is 1.32. The van der Waals surface area contributed by atoms with Crippen LogP contribution in [0.4, 0.5) is 0 Å². The van der Waals surface area contributed by atoms with Crippen molar-refractivity contribution in [2.24, 2.45) is 11.8 Å². The highest BCUT2D eigenvalue weighted by molar-refractivity contribution is 5.90. The van der Waals surface area contributed by atoms with Gasteiger partial charge in [-0.15, -0.1) is 0 Å². The fourth-order valence-electron chi connectivity index (χ4n) is 1.55. The molecule has 2 heteroatoms. The van der Waals surface area contributed by atoms with Crippen molar-refractivity contribution >= 4 is 5.78 Å². The van der Waals surface area contributed by atoms with Crippen molar-refractivity contribution in [1.29, 1.82) is 0 Å². The maximum atomic E-state index is 10.8. The van der Waals surface area contributed by atoms with Crippen LogP contribution in [0.25, 0.3) is 0 Å². The summed E-state index contributed by atoms with van der Waals surface area (Å²) in [5, 5.41) is 3.19. The Bertz CT molecular complexity index is 116. The molecule has 44 valence electrons. The molecule has 2 aliphatic heterocycles. The standard InChI is InChI=1S/C6H9NO/c8-6-4-1-5(6)3-7-2-4/h4-5,7H,1-3H2/t4-,5-/m1/s1. The first-order valence-electron chi connectivity index (χ1n) is 3.12. The van der Waals surface area contributed by atoms with Crippen molar-refractivity contribution in [2.45, 2.75) is 6.42 Å². The van der Waals surface area contributed by atoms with E-state index in [-0.39, 0.29) is 0 Å². The molecule has 3 aliphatic rings. The van der Waals surface area contributed by atoms with Crippen LogP contribution in [0, 0.1) is 11.8 Å². The van der Waals surface area contributed by atoms with Crippen molar-refractivity contribution < 1.29 is 4.79 Å². The van der Waals surface area contributed by atoms with Gasteiger partial charge in [0.1, 0.15) is 5.78 Å². The number of carbonyl (C=O) groups excluding carboxylic acids is 1. The summed E-state index contributed by atoms with van der Waals surface area (Å²) in [6, 6.07) is 0. The van der Waals surface area contributed by atoms with Gasteiger partial charge in [-0.25, -0.2) is 0 Å². The fourth-order valence-corrected chi connectivity index (χ4v) is 1.55. The van der Waals surface area contributed by atoms with E-state index in [1.54, 1.807) is 0 Å². The molecule has 3 fully saturated rings. The molecule has 0 aromatic heterocycles. The summed E-state index contributed by atoms with van der Waals surface area (Å²) in [5.41, 5.74) is 0. The van der Waals surface area contributed by atoms with Gasteiger partial charge < -0.3 is 5.32 Å². The average molecular weight is 111 g/mol. The first-order valence-corrected chi connectivity index (χ1v) is 3.12. The number of nitrogens with one attached hydrogen (secondary N) is 1. The van der Waals surface area contributed by atoms with E-state index in [2.05, 4.69) is 5.32 Å². The molecular formula is C6H9NO. The van der Waals surface area contributed by atoms with E-state index in [0.29, 0.717) is 17.6 Å². The zero-order chi connectivity index (χ0) is 5.56. The Hall–Kier alpha value is -0.370. The van der Waals surface area contributed by atoms with Crippen LogP contribution in [0.3, 0.4) is 0 Å². The number of rotatable bonds is 0. The van der Waals surface area contributed by atoms with E-state index in [1.807, 2.05) is 0 Å². The summed E-state index contributed by atoms with van der Waals surface area (Å²) >= 11 is 0. The smallest absolute Gasteiger partial charge is 0.141 e. The van der Waals surface area contributed by atoms with E-state index >= 15 is 0 Å². The molecule has 3 rings (SSSR count). The zero-order valence-electron chi connectivity index (χ0n) is 4.68. The Morgan fingerprint density at radius 2 is 2.00 bits per heavy atom. The molecule has 1 saturated carbocycles. The number of hydrogen-bond donors (Lipinski definition) is 1. The minimum atomic E-state index is 0.397. The zero-order valence-corrected chi connectivity index (χ0v) is 4.68. The third-order valence-corrected chi connectivity index (χ3v) is 2.16. The van der Waals surface area contributed by atoms with Crippen LogP contribution in [0.15, 0.2) is 0 Å². The van der Waals surface area contributed by atoms with Crippen LogP contribution in [0.5, 0.6) is 0 Å². The van der Waals surface area contributed by atoms with E-state index in [4.69, 9.17) is 0 Å². The quantitative estimate of drug-likeness (QED) is 0.469. The Labute approximate surface area is 48.3 Å². The van der Waals surface area contributed by atoms with Gasteiger partial charge in [-0.05, 0) is 6.42 Å². The third kappa shape index (κ3) is 0.388. The van der Waals surface area contributed by atoms with Gasteiger partial charge in [0.25, 0.3) is 0 Å². The van der Waals surface area contributed by atoms with E-state index in [9.17, 15) is 4.79 Å². The Balaban J connectivity index is 2.13. The molecule has 1 aliphatic carbocycles. The predicted octanol–water partition coefficient (Wildman–Crippen LogP) is -0.205. The maximum Gasteiger partial charge on any atom is 0.141 e. The lowest BCUT2D eigenvalue weighted by Gasteiger charge is -2.39. The van der Waals surface area contributed by atoms with Gasteiger partial charge in [-0.3, -0.25) is 4.79 Å². The Morgan fingerprint density at radius 3 is 2.25 bits per heavy atom. The van der Waals surface area contributed by atoms with Gasteiger partial charge >= 0.3 is 0 Å². The molecule has 2 bridgehead atoms. The molecule has 0 unspecified atom stereocenters. The van der Waals surface area contributed by atoms with Crippen molar-refractivity contribution in [3.05, 3.63) is 0 Å². The fraction of sp³-hybridized carbons (Fsp3) is 0.833. The van der Waals surface area contributed by atoms with Crippen LogP contribution in [-0.2, 0) is 4.79 Å². The normalized spacial score (nSPS) is 43.8. The number of Topliss-reactive ketones (excluding diaryl/α,β-unsaturated/α-hetero) is 1. The molecule has 0 spiro atoms. The molecule has 8 heavy (non-hydrogen) atoms. The monoisotopic (exact) mass is 111 g/mol. The van der Waals surface area contributed by atoms with Crippen molar-refractivity contribution in [1.82, 2.24) is 5.32 Å². The number of piperidine rings is 2. The Kier molecular flexibility index (Phi) is 0.742. The lowest BCUT2D eigenvalue weighted by Crippen LogP contribution is -2.53. The van der Waals surface area contributed by atoms with E-state index < -0.39 is 0 Å². The molecular weight excluding hydrogens is 102 g/mol. The number of fused-ring (bicyclic) bond motifs is 2. The third-order valence-electron chi connectivity index (χ3n) is 2.16. The van der Waals surface area contributed by atoms with Crippen molar-refractivity contribution in [2.75, 3.05) is 13.1 Å². The summed E-state index contributed by atoms with van der Waals surface area (Å²) in [6.45, 7) is 1.88. The minimum Gasteiger partial charge on any atom is -0.315 e. The lowest BCUT2D eigenvalue weighted by atomic mass is 9.71. The molecule has 2 atom stereocenters. The summed E-state index contributed by atoms with van der Waals surface area (Å²) < 4.78 is 0. The van der Waals surface area contributed by atoms with Crippen LogP contribution >= 0.6 is 0 Å². The van der Waals surface area contributed by atoms with Gasteiger partial charge in [0.15, 0.2) is 0 Å².